The number of rotatable bonds is 3. The van der Waals surface area contributed by atoms with Crippen LogP contribution in [0.25, 0.3) is 11.7 Å². The van der Waals surface area contributed by atoms with Gasteiger partial charge in [0.15, 0.2) is 5.82 Å². The molecule has 0 atom stereocenters. The first-order chi connectivity index (χ1) is 9.81. The predicted octanol–water partition coefficient (Wildman–Crippen LogP) is 2.99. The van der Waals surface area contributed by atoms with Crippen LogP contribution in [0.4, 0.5) is 5.82 Å². The molecule has 0 radical (unpaired) electrons. The van der Waals surface area contributed by atoms with Gasteiger partial charge >= 0.3 is 0 Å². The van der Waals surface area contributed by atoms with E-state index in [2.05, 4.69) is 10.3 Å². The van der Waals surface area contributed by atoms with Crippen LogP contribution in [0.3, 0.4) is 0 Å². The number of benzene rings is 1. The van der Waals surface area contributed by atoms with Crippen molar-refractivity contribution in [1.29, 1.82) is 0 Å². The quantitative estimate of drug-likeness (QED) is 0.738. The van der Waals surface area contributed by atoms with Gasteiger partial charge < -0.3 is 9.72 Å². The number of carbonyl (C=O) groups excluding carboxylic acids is 1. The van der Waals surface area contributed by atoms with Crippen LogP contribution in [0.2, 0.25) is 0 Å². The van der Waals surface area contributed by atoms with Crippen molar-refractivity contribution in [3.8, 4) is 0 Å². The second-order valence-electron chi connectivity index (χ2n) is 4.33. The molecule has 0 bridgehead atoms. The van der Waals surface area contributed by atoms with E-state index in [1.54, 1.807) is 12.3 Å². The molecular weight excluding hydrogens is 250 g/mol. The third kappa shape index (κ3) is 2.75. The highest BCUT2D eigenvalue weighted by Crippen LogP contribution is 2.09. The van der Waals surface area contributed by atoms with Crippen molar-refractivity contribution >= 4 is 23.4 Å². The van der Waals surface area contributed by atoms with Crippen molar-refractivity contribution in [2.45, 2.75) is 0 Å². The molecule has 3 aromatic rings. The minimum absolute atomic E-state index is 0.197. The zero-order valence-corrected chi connectivity index (χ0v) is 10.7. The molecule has 0 saturated heterocycles. The Bertz CT molecular complexity index is 727. The van der Waals surface area contributed by atoms with Gasteiger partial charge in [-0.25, -0.2) is 4.98 Å². The second-order valence-corrected chi connectivity index (χ2v) is 4.33. The van der Waals surface area contributed by atoms with Crippen LogP contribution >= 0.6 is 0 Å². The first-order valence-corrected chi connectivity index (χ1v) is 6.29. The van der Waals surface area contributed by atoms with Crippen LogP contribution in [-0.4, -0.2) is 15.3 Å². The topological polar surface area (TPSA) is 46.4 Å². The number of pyridine rings is 1. The Balaban J connectivity index is 1.71. The molecule has 0 spiro atoms. The summed E-state index contributed by atoms with van der Waals surface area (Å²) >= 11 is 0. The smallest absolute Gasteiger partial charge is 0.249 e. The SMILES string of the molecule is O=C(/C=C/c1ccccc1)Nc1cn2ccccc2n1. The zero-order chi connectivity index (χ0) is 13.8. The molecular formula is C16H13N3O. The molecule has 1 N–H and O–H groups in total. The Morgan fingerprint density at radius 3 is 2.70 bits per heavy atom. The lowest BCUT2D eigenvalue weighted by molar-refractivity contribution is -0.111. The normalized spacial score (nSPS) is 11.0. The summed E-state index contributed by atoms with van der Waals surface area (Å²) in [6.45, 7) is 0. The van der Waals surface area contributed by atoms with Gasteiger partial charge in [0, 0.05) is 12.3 Å². The van der Waals surface area contributed by atoms with Crippen molar-refractivity contribution < 1.29 is 4.79 Å². The number of imidazole rings is 1. The van der Waals surface area contributed by atoms with Gasteiger partial charge in [-0.05, 0) is 23.8 Å². The zero-order valence-electron chi connectivity index (χ0n) is 10.7. The average molecular weight is 263 g/mol. The molecule has 0 saturated carbocycles. The van der Waals surface area contributed by atoms with E-state index in [1.807, 2.05) is 59.1 Å². The molecule has 2 heterocycles. The lowest BCUT2D eigenvalue weighted by Gasteiger charge is -1.95. The van der Waals surface area contributed by atoms with Crippen molar-refractivity contribution in [1.82, 2.24) is 9.38 Å². The van der Waals surface area contributed by atoms with Crippen molar-refractivity contribution in [3.63, 3.8) is 0 Å². The lowest BCUT2D eigenvalue weighted by Crippen LogP contribution is -2.07. The average Bonchev–Trinajstić information content (AvgIpc) is 2.88. The van der Waals surface area contributed by atoms with Gasteiger partial charge in [-0.3, -0.25) is 4.79 Å². The standard InChI is InChI=1S/C16H13N3O/c20-16(10-9-13-6-2-1-3-7-13)18-14-12-19-11-5-4-8-15(19)17-14/h1-12H,(H,18,20)/b10-9+. The van der Waals surface area contributed by atoms with E-state index in [4.69, 9.17) is 0 Å². The van der Waals surface area contributed by atoms with Gasteiger partial charge in [0.2, 0.25) is 5.91 Å². The van der Waals surface area contributed by atoms with E-state index < -0.39 is 0 Å². The summed E-state index contributed by atoms with van der Waals surface area (Å²) in [6, 6.07) is 15.4. The molecule has 3 rings (SSSR count). The maximum Gasteiger partial charge on any atom is 0.249 e. The van der Waals surface area contributed by atoms with Crippen LogP contribution in [0.15, 0.2) is 67.0 Å². The third-order valence-electron chi connectivity index (χ3n) is 2.84. The number of fused-ring (bicyclic) bond motifs is 1. The number of aromatic nitrogens is 2. The van der Waals surface area contributed by atoms with E-state index >= 15 is 0 Å². The van der Waals surface area contributed by atoms with E-state index in [9.17, 15) is 4.79 Å². The van der Waals surface area contributed by atoms with Crippen molar-refractivity contribution in [2.75, 3.05) is 5.32 Å². The maximum atomic E-state index is 11.8. The highest BCUT2D eigenvalue weighted by molar-refractivity contribution is 6.01. The highest BCUT2D eigenvalue weighted by atomic mass is 16.1. The fourth-order valence-electron chi connectivity index (χ4n) is 1.90. The Labute approximate surface area is 116 Å². The number of anilines is 1. The van der Waals surface area contributed by atoms with Crippen LogP contribution in [0, 0.1) is 0 Å². The third-order valence-corrected chi connectivity index (χ3v) is 2.84. The van der Waals surface area contributed by atoms with Crippen LogP contribution in [0.1, 0.15) is 5.56 Å². The first kappa shape index (κ1) is 12.2. The van der Waals surface area contributed by atoms with E-state index in [1.165, 1.54) is 6.08 Å². The van der Waals surface area contributed by atoms with E-state index in [0.717, 1.165) is 11.2 Å². The largest absolute Gasteiger partial charge is 0.306 e. The number of hydrogen-bond acceptors (Lipinski definition) is 2. The fraction of sp³-hybridized carbons (Fsp3) is 0. The number of nitrogens with zero attached hydrogens (tertiary/aromatic N) is 2. The monoisotopic (exact) mass is 263 g/mol. The van der Waals surface area contributed by atoms with Crippen molar-refractivity contribution in [3.05, 3.63) is 72.6 Å². The summed E-state index contributed by atoms with van der Waals surface area (Å²) < 4.78 is 1.86. The first-order valence-electron chi connectivity index (χ1n) is 6.29. The number of hydrogen-bond donors (Lipinski definition) is 1. The summed E-state index contributed by atoms with van der Waals surface area (Å²) in [4.78, 5) is 16.1. The van der Waals surface area contributed by atoms with Gasteiger partial charge in [-0.1, -0.05) is 36.4 Å². The summed E-state index contributed by atoms with van der Waals surface area (Å²) in [5.74, 6) is 0.344. The Morgan fingerprint density at radius 2 is 1.90 bits per heavy atom. The molecule has 1 amide bonds. The van der Waals surface area contributed by atoms with Crippen molar-refractivity contribution in [2.24, 2.45) is 0 Å². The molecule has 1 aromatic carbocycles. The van der Waals surface area contributed by atoms with Gasteiger partial charge in [-0.15, -0.1) is 0 Å². The van der Waals surface area contributed by atoms with Gasteiger partial charge in [0.05, 0.1) is 6.20 Å². The minimum Gasteiger partial charge on any atom is -0.306 e. The molecule has 2 aromatic heterocycles. The van der Waals surface area contributed by atoms with E-state index in [0.29, 0.717) is 5.82 Å². The molecule has 0 aliphatic heterocycles. The van der Waals surface area contributed by atoms with Gasteiger partial charge in [0.1, 0.15) is 5.65 Å². The van der Waals surface area contributed by atoms with Crippen LogP contribution in [0.5, 0.6) is 0 Å². The Morgan fingerprint density at radius 1 is 1.10 bits per heavy atom. The lowest BCUT2D eigenvalue weighted by atomic mass is 10.2. The van der Waals surface area contributed by atoms with Gasteiger partial charge in [0.25, 0.3) is 0 Å². The molecule has 0 aliphatic carbocycles. The number of nitrogens with one attached hydrogen (secondary N) is 1. The summed E-state index contributed by atoms with van der Waals surface area (Å²) in [5, 5.41) is 2.74. The molecule has 0 unspecified atom stereocenters. The maximum absolute atomic E-state index is 11.8. The molecule has 4 heteroatoms. The number of carbonyl (C=O) groups is 1. The Hall–Kier alpha value is -2.88. The predicted molar refractivity (Wildman–Crippen MR) is 79.3 cm³/mol. The summed E-state index contributed by atoms with van der Waals surface area (Å²) in [6.07, 6.45) is 6.94. The minimum atomic E-state index is -0.197. The molecule has 4 nitrogen and oxygen atoms in total. The highest BCUT2D eigenvalue weighted by Gasteiger charge is 2.02. The number of amides is 1. The fourth-order valence-corrected chi connectivity index (χ4v) is 1.90. The van der Waals surface area contributed by atoms with E-state index in [-0.39, 0.29) is 5.91 Å². The summed E-state index contributed by atoms with van der Waals surface area (Å²) in [5.41, 5.74) is 1.78. The van der Waals surface area contributed by atoms with Gasteiger partial charge in [-0.2, -0.15) is 0 Å². The second kappa shape index (κ2) is 5.40. The van der Waals surface area contributed by atoms with Crippen LogP contribution < -0.4 is 5.32 Å². The molecule has 0 aliphatic rings. The molecule has 20 heavy (non-hydrogen) atoms. The molecule has 98 valence electrons. The Kier molecular flexibility index (Phi) is 3.29. The summed E-state index contributed by atoms with van der Waals surface area (Å²) in [7, 11) is 0. The molecule has 0 fully saturated rings. The van der Waals surface area contributed by atoms with Crippen LogP contribution in [-0.2, 0) is 4.79 Å².